The number of nitrogens with zero attached hydrogens (tertiary/aromatic N) is 3. The lowest BCUT2D eigenvalue weighted by molar-refractivity contribution is -0.133. The Bertz CT molecular complexity index is 1330. The summed E-state index contributed by atoms with van der Waals surface area (Å²) >= 11 is 0. The molecule has 2 heterocycles. The van der Waals surface area contributed by atoms with Gasteiger partial charge in [-0.05, 0) is 49.9 Å². The van der Waals surface area contributed by atoms with Crippen molar-refractivity contribution in [1.82, 2.24) is 25.1 Å². The third-order valence-electron chi connectivity index (χ3n) is 6.79. The first-order chi connectivity index (χ1) is 17.3. The highest BCUT2D eigenvalue weighted by molar-refractivity contribution is 6.07. The molecule has 0 saturated heterocycles. The third kappa shape index (κ3) is 4.48. The van der Waals surface area contributed by atoms with Crippen molar-refractivity contribution in [3.8, 4) is 0 Å². The van der Waals surface area contributed by atoms with Crippen LogP contribution >= 0.6 is 0 Å². The molecular formula is C27H28FN5O3. The number of benzene rings is 2. The number of carbonyl (C=O) groups excluding carboxylic acids is 3. The zero-order chi connectivity index (χ0) is 25.4. The summed E-state index contributed by atoms with van der Waals surface area (Å²) in [5, 5.41) is 5.75. The summed E-state index contributed by atoms with van der Waals surface area (Å²) in [5.74, 6) is -1.47. The Labute approximate surface area is 208 Å². The van der Waals surface area contributed by atoms with Gasteiger partial charge in [0.2, 0.25) is 5.91 Å². The summed E-state index contributed by atoms with van der Waals surface area (Å²) in [4.78, 5) is 45.9. The monoisotopic (exact) mass is 489 g/mol. The molecule has 1 saturated carbocycles. The van der Waals surface area contributed by atoms with Crippen LogP contribution in [0, 0.1) is 12.7 Å². The van der Waals surface area contributed by atoms with Crippen LogP contribution in [0.3, 0.4) is 0 Å². The highest BCUT2D eigenvalue weighted by Gasteiger charge is 2.53. The number of aryl methyl sites for hydroxylation is 1. The van der Waals surface area contributed by atoms with Gasteiger partial charge < -0.3 is 20.1 Å². The van der Waals surface area contributed by atoms with Gasteiger partial charge in [-0.15, -0.1) is 0 Å². The van der Waals surface area contributed by atoms with Crippen molar-refractivity contribution in [1.29, 1.82) is 0 Å². The standard InChI is InChI=1S/C27H28FN5O3/c1-17-4-3-5-19(12-17)14-30-26(36)27(2)15-32-16-31-22(23(32)25(35)33(27)21-10-11-21)24(34)29-13-18-6-8-20(28)9-7-18/h3-9,12,16,21H,10-11,13-15H2,1-2H3,(H,29,34)(H,30,36). The molecule has 36 heavy (non-hydrogen) atoms. The van der Waals surface area contributed by atoms with Crippen molar-refractivity contribution in [3.63, 3.8) is 0 Å². The van der Waals surface area contributed by atoms with Crippen molar-refractivity contribution >= 4 is 17.7 Å². The maximum Gasteiger partial charge on any atom is 0.274 e. The normalized spacial score (nSPS) is 19.1. The lowest BCUT2D eigenvalue weighted by Gasteiger charge is -2.44. The summed E-state index contributed by atoms with van der Waals surface area (Å²) < 4.78 is 14.7. The SMILES string of the molecule is Cc1cccc(CNC(=O)C2(C)Cn3cnc(C(=O)NCc4ccc(F)cc4)c3C(=O)N2C2CC2)c1. The molecule has 5 rings (SSSR count). The van der Waals surface area contributed by atoms with Crippen molar-refractivity contribution in [2.24, 2.45) is 0 Å². The van der Waals surface area contributed by atoms with Crippen LogP contribution in [0.5, 0.6) is 0 Å². The second-order valence-electron chi connectivity index (χ2n) is 9.73. The van der Waals surface area contributed by atoms with Crippen LogP contribution < -0.4 is 10.6 Å². The minimum Gasteiger partial charge on any atom is -0.350 e. The molecule has 8 nitrogen and oxygen atoms in total. The molecule has 1 unspecified atom stereocenters. The molecule has 1 aromatic heterocycles. The molecule has 3 aromatic rings. The molecule has 1 aliphatic carbocycles. The zero-order valence-electron chi connectivity index (χ0n) is 20.3. The van der Waals surface area contributed by atoms with Crippen molar-refractivity contribution in [2.45, 2.75) is 57.9 Å². The van der Waals surface area contributed by atoms with E-state index in [9.17, 15) is 18.8 Å². The largest absolute Gasteiger partial charge is 0.350 e. The van der Waals surface area contributed by atoms with Gasteiger partial charge in [0.1, 0.15) is 17.1 Å². The Hall–Kier alpha value is -4.01. The molecule has 2 N–H and O–H groups in total. The average molecular weight is 490 g/mol. The van der Waals surface area contributed by atoms with Crippen molar-refractivity contribution in [3.05, 3.63) is 88.8 Å². The minimum absolute atomic E-state index is 0.0231. The van der Waals surface area contributed by atoms with Crippen molar-refractivity contribution in [2.75, 3.05) is 0 Å². The van der Waals surface area contributed by atoms with E-state index in [2.05, 4.69) is 15.6 Å². The molecule has 1 atom stereocenters. The molecule has 186 valence electrons. The zero-order valence-corrected chi connectivity index (χ0v) is 20.3. The number of nitrogens with one attached hydrogen (secondary N) is 2. The smallest absolute Gasteiger partial charge is 0.274 e. The van der Waals surface area contributed by atoms with E-state index in [0.717, 1.165) is 29.5 Å². The van der Waals surface area contributed by atoms with E-state index >= 15 is 0 Å². The second kappa shape index (κ2) is 9.22. The summed E-state index contributed by atoms with van der Waals surface area (Å²) in [6.07, 6.45) is 3.07. The fourth-order valence-electron chi connectivity index (χ4n) is 4.78. The maximum atomic E-state index is 13.7. The van der Waals surface area contributed by atoms with Gasteiger partial charge in [0.15, 0.2) is 5.69 Å². The van der Waals surface area contributed by atoms with Crippen LogP contribution in [0.4, 0.5) is 4.39 Å². The highest BCUT2D eigenvalue weighted by Crippen LogP contribution is 2.38. The molecule has 3 amide bonds. The molecule has 2 aromatic carbocycles. The van der Waals surface area contributed by atoms with Crippen LogP contribution in [0.15, 0.2) is 54.9 Å². The first kappa shape index (κ1) is 23.7. The number of imidazole rings is 1. The predicted octanol–water partition coefficient (Wildman–Crippen LogP) is 2.95. The molecule has 1 fully saturated rings. The molecule has 0 spiro atoms. The predicted molar refractivity (Wildman–Crippen MR) is 130 cm³/mol. The molecule has 0 bridgehead atoms. The minimum atomic E-state index is -1.11. The summed E-state index contributed by atoms with van der Waals surface area (Å²) in [5.41, 5.74) is 1.90. The van der Waals surface area contributed by atoms with Crippen molar-refractivity contribution < 1.29 is 18.8 Å². The molecule has 9 heteroatoms. The van der Waals surface area contributed by atoms with Crippen LogP contribution in [-0.2, 0) is 24.4 Å². The number of hydrogen-bond acceptors (Lipinski definition) is 4. The second-order valence-corrected chi connectivity index (χ2v) is 9.73. The Kier molecular flexibility index (Phi) is 6.07. The van der Waals surface area contributed by atoms with Crippen LogP contribution in [0.2, 0.25) is 0 Å². The van der Waals surface area contributed by atoms with E-state index in [1.807, 2.05) is 31.2 Å². The lowest BCUT2D eigenvalue weighted by atomic mass is 9.93. The Morgan fingerprint density at radius 3 is 2.50 bits per heavy atom. The fourth-order valence-corrected chi connectivity index (χ4v) is 4.78. The maximum absolute atomic E-state index is 13.7. The number of aromatic nitrogens is 2. The number of hydrogen-bond donors (Lipinski definition) is 2. The number of rotatable bonds is 7. The lowest BCUT2D eigenvalue weighted by Crippen LogP contribution is -2.64. The van der Waals surface area contributed by atoms with E-state index in [4.69, 9.17) is 0 Å². The van der Waals surface area contributed by atoms with Gasteiger partial charge in [-0.3, -0.25) is 14.4 Å². The average Bonchev–Trinajstić information content (AvgIpc) is 3.59. The van der Waals surface area contributed by atoms with E-state index in [1.165, 1.54) is 18.5 Å². The number of amides is 3. The number of halogens is 1. The number of fused-ring (bicyclic) bond motifs is 1. The van der Waals surface area contributed by atoms with Crippen LogP contribution in [0.25, 0.3) is 0 Å². The molecule has 0 radical (unpaired) electrons. The molecule has 1 aliphatic heterocycles. The Morgan fingerprint density at radius 1 is 1.08 bits per heavy atom. The first-order valence-electron chi connectivity index (χ1n) is 12.0. The Balaban J connectivity index is 1.35. The quantitative estimate of drug-likeness (QED) is 0.533. The van der Waals surface area contributed by atoms with E-state index < -0.39 is 11.4 Å². The van der Waals surface area contributed by atoms with E-state index in [-0.39, 0.29) is 48.2 Å². The van der Waals surface area contributed by atoms with Crippen LogP contribution in [0.1, 0.15) is 57.4 Å². The summed E-state index contributed by atoms with van der Waals surface area (Å²) in [6.45, 7) is 4.49. The molecule has 2 aliphatic rings. The summed E-state index contributed by atoms with van der Waals surface area (Å²) in [6, 6.07) is 13.7. The Morgan fingerprint density at radius 2 is 1.81 bits per heavy atom. The van der Waals surface area contributed by atoms with Gasteiger partial charge in [-0.1, -0.05) is 42.0 Å². The van der Waals surface area contributed by atoms with Gasteiger partial charge in [-0.2, -0.15) is 0 Å². The topological polar surface area (TPSA) is 96.3 Å². The van der Waals surface area contributed by atoms with E-state index in [0.29, 0.717) is 6.54 Å². The highest BCUT2D eigenvalue weighted by atomic mass is 19.1. The van der Waals surface area contributed by atoms with Gasteiger partial charge in [0.05, 0.1) is 12.9 Å². The van der Waals surface area contributed by atoms with Gasteiger partial charge in [0.25, 0.3) is 11.8 Å². The number of carbonyl (C=O) groups is 3. The molecular weight excluding hydrogens is 461 g/mol. The van der Waals surface area contributed by atoms with Gasteiger partial charge in [-0.25, -0.2) is 9.37 Å². The fraction of sp³-hybridized carbons (Fsp3) is 0.333. The third-order valence-corrected chi connectivity index (χ3v) is 6.79. The van der Waals surface area contributed by atoms with Crippen LogP contribution in [-0.4, -0.2) is 43.8 Å². The summed E-state index contributed by atoms with van der Waals surface area (Å²) in [7, 11) is 0. The first-order valence-corrected chi connectivity index (χ1v) is 12.0. The van der Waals surface area contributed by atoms with Gasteiger partial charge in [0, 0.05) is 19.1 Å². The van der Waals surface area contributed by atoms with Gasteiger partial charge >= 0.3 is 0 Å². The van der Waals surface area contributed by atoms with E-state index in [1.54, 1.807) is 28.5 Å².